The van der Waals surface area contributed by atoms with E-state index in [2.05, 4.69) is 10.4 Å². The van der Waals surface area contributed by atoms with Gasteiger partial charge in [-0.25, -0.2) is 4.79 Å². The number of anilines is 1. The molecule has 1 N–H and O–H groups in total. The van der Waals surface area contributed by atoms with E-state index in [0.29, 0.717) is 10.7 Å². The number of hydrogen-bond acceptors (Lipinski definition) is 8. The number of imide groups is 1. The molecule has 1 aliphatic rings. The number of ether oxygens (including phenoxy) is 1. The molecule has 3 aromatic rings. The SMILES string of the molecule is CCOC(=O)c1nn(-c2ccc(Cl)cc2)c(=O)c2c(NC(=O)CN3C(=O)CCC3=O)scc12. The summed E-state index contributed by atoms with van der Waals surface area (Å²) in [4.78, 5) is 62.9. The van der Waals surface area contributed by atoms with Crippen LogP contribution >= 0.6 is 22.9 Å². The molecule has 33 heavy (non-hydrogen) atoms. The molecule has 0 unspecified atom stereocenters. The molecule has 0 aliphatic carbocycles. The molecule has 170 valence electrons. The van der Waals surface area contributed by atoms with Gasteiger partial charge in [0.2, 0.25) is 17.7 Å². The van der Waals surface area contributed by atoms with Crippen LogP contribution < -0.4 is 10.9 Å². The number of thiophene rings is 1. The first kappa shape index (κ1) is 22.6. The van der Waals surface area contributed by atoms with E-state index in [1.807, 2.05) is 0 Å². The number of fused-ring (bicyclic) bond motifs is 1. The number of hydrogen-bond donors (Lipinski definition) is 1. The highest BCUT2D eigenvalue weighted by atomic mass is 35.5. The Hall–Kier alpha value is -3.57. The second kappa shape index (κ2) is 9.12. The summed E-state index contributed by atoms with van der Waals surface area (Å²) in [5.41, 5.74) is -0.318. The van der Waals surface area contributed by atoms with E-state index in [1.165, 1.54) is 5.38 Å². The zero-order chi connectivity index (χ0) is 23.7. The molecule has 0 atom stereocenters. The number of nitrogens with one attached hydrogen (secondary N) is 1. The van der Waals surface area contributed by atoms with E-state index in [9.17, 15) is 24.0 Å². The van der Waals surface area contributed by atoms with Crippen molar-refractivity contribution in [2.75, 3.05) is 18.5 Å². The van der Waals surface area contributed by atoms with Gasteiger partial charge in [0.25, 0.3) is 5.56 Å². The number of halogens is 1. The van der Waals surface area contributed by atoms with Crippen molar-refractivity contribution in [3.8, 4) is 5.69 Å². The fourth-order valence-electron chi connectivity index (χ4n) is 3.36. The Morgan fingerprint density at radius 1 is 1.15 bits per heavy atom. The Labute approximate surface area is 195 Å². The van der Waals surface area contributed by atoms with Gasteiger partial charge >= 0.3 is 5.97 Å². The predicted octanol–water partition coefficient (Wildman–Crippen LogP) is 2.36. The largest absolute Gasteiger partial charge is 0.461 e. The van der Waals surface area contributed by atoms with Crippen molar-refractivity contribution in [1.82, 2.24) is 14.7 Å². The number of esters is 1. The first-order chi connectivity index (χ1) is 15.8. The molecule has 0 radical (unpaired) electrons. The third kappa shape index (κ3) is 4.37. The minimum absolute atomic E-state index is 0.0560. The molecule has 0 saturated carbocycles. The number of aromatic nitrogens is 2. The average molecular weight is 489 g/mol. The lowest BCUT2D eigenvalue weighted by atomic mass is 10.2. The van der Waals surface area contributed by atoms with Crippen molar-refractivity contribution in [1.29, 1.82) is 0 Å². The number of likely N-dealkylation sites (tertiary alicyclic amines) is 1. The van der Waals surface area contributed by atoms with Crippen LogP contribution in [-0.4, -0.2) is 51.5 Å². The van der Waals surface area contributed by atoms with Gasteiger partial charge < -0.3 is 10.1 Å². The predicted molar refractivity (Wildman–Crippen MR) is 121 cm³/mol. The van der Waals surface area contributed by atoms with Crippen LogP contribution in [0.25, 0.3) is 16.5 Å². The van der Waals surface area contributed by atoms with Crippen molar-refractivity contribution in [2.24, 2.45) is 0 Å². The van der Waals surface area contributed by atoms with Gasteiger partial charge in [-0.2, -0.15) is 9.78 Å². The molecule has 0 spiro atoms. The van der Waals surface area contributed by atoms with Crippen LogP contribution in [0, 0.1) is 0 Å². The van der Waals surface area contributed by atoms with Gasteiger partial charge in [-0.1, -0.05) is 11.6 Å². The van der Waals surface area contributed by atoms with Crippen LogP contribution in [0.5, 0.6) is 0 Å². The van der Waals surface area contributed by atoms with Crippen LogP contribution in [0.2, 0.25) is 5.02 Å². The van der Waals surface area contributed by atoms with Crippen molar-refractivity contribution in [3.63, 3.8) is 0 Å². The van der Waals surface area contributed by atoms with Crippen molar-refractivity contribution in [3.05, 3.63) is 50.7 Å². The lowest BCUT2D eigenvalue weighted by molar-refractivity contribution is -0.141. The molecular weight excluding hydrogens is 472 g/mol. The Morgan fingerprint density at radius 2 is 1.82 bits per heavy atom. The second-order valence-corrected chi connectivity index (χ2v) is 8.35. The minimum Gasteiger partial charge on any atom is -0.461 e. The van der Waals surface area contributed by atoms with E-state index < -0.39 is 35.8 Å². The number of benzene rings is 1. The third-order valence-electron chi connectivity index (χ3n) is 4.90. The van der Waals surface area contributed by atoms with Gasteiger partial charge in [-0.15, -0.1) is 11.3 Å². The van der Waals surface area contributed by atoms with Crippen molar-refractivity contribution >= 4 is 62.4 Å². The number of carbonyl (C=O) groups is 4. The molecule has 1 saturated heterocycles. The van der Waals surface area contributed by atoms with E-state index >= 15 is 0 Å². The first-order valence-corrected chi connectivity index (χ1v) is 11.2. The van der Waals surface area contributed by atoms with Crippen LogP contribution in [0.15, 0.2) is 34.4 Å². The van der Waals surface area contributed by atoms with Gasteiger partial charge in [-0.05, 0) is 31.2 Å². The smallest absolute Gasteiger partial charge is 0.359 e. The van der Waals surface area contributed by atoms with Gasteiger partial charge in [0.15, 0.2) is 5.69 Å². The minimum atomic E-state index is -0.728. The lowest BCUT2D eigenvalue weighted by Gasteiger charge is -2.13. The lowest BCUT2D eigenvalue weighted by Crippen LogP contribution is -2.37. The Bertz CT molecular complexity index is 1330. The molecule has 1 aliphatic heterocycles. The molecule has 3 amide bonds. The van der Waals surface area contributed by atoms with Crippen molar-refractivity contribution < 1.29 is 23.9 Å². The molecule has 1 fully saturated rings. The second-order valence-electron chi connectivity index (χ2n) is 7.04. The molecule has 1 aromatic carbocycles. The average Bonchev–Trinajstić information content (AvgIpc) is 3.34. The fraction of sp³-hybridized carbons (Fsp3) is 0.238. The van der Waals surface area contributed by atoms with Crippen LogP contribution in [0.4, 0.5) is 5.00 Å². The molecular formula is C21H17ClN4O6S. The maximum Gasteiger partial charge on any atom is 0.359 e. The van der Waals surface area contributed by atoms with E-state index in [1.54, 1.807) is 31.2 Å². The monoisotopic (exact) mass is 488 g/mol. The van der Waals surface area contributed by atoms with Gasteiger partial charge in [0.1, 0.15) is 11.5 Å². The summed E-state index contributed by atoms with van der Waals surface area (Å²) in [7, 11) is 0. The van der Waals surface area contributed by atoms with E-state index in [0.717, 1.165) is 20.9 Å². The topological polar surface area (TPSA) is 128 Å². The van der Waals surface area contributed by atoms with Gasteiger partial charge in [0, 0.05) is 28.6 Å². The molecule has 2 aromatic heterocycles. The standard InChI is InChI=1S/C21H17ClN4O6S/c1-2-32-21(31)18-13-10-33-19(23-14(27)9-25-15(28)7-8-16(25)29)17(13)20(30)26(24-18)12-5-3-11(22)4-6-12/h3-6,10H,2,7-9H2,1H3,(H,23,27). The highest BCUT2D eigenvalue weighted by Gasteiger charge is 2.31. The summed E-state index contributed by atoms with van der Waals surface area (Å²) in [6.45, 7) is 1.29. The summed E-state index contributed by atoms with van der Waals surface area (Å²) in [6, 6.07) is 6.26. The summed E-state index contributed by atoms with van der Waals surface area (Å²) >= 11 is 6.95. The molecule has 4 rings (SSSR count). The molecule has 0 bridgehead atoms. The fourth-order valence-corrected chi connectivity index (χ4v) is 4.44. The van der Waals surface area contributed by atoms with E-state index in [4.69, 9.17) is 16.3 Å². The Balaban J connectivity index is 1.78. The highest BCUT2D eigenvalue weighted by molar-refractivity contribution is 7.16. The van der Waals surface area contributed by atoms with E-state index in [-0.39, 0.29) is 40.9 Å². The summed E-state index contributed by atoms with van der Waals surface area (Å²) in [5, 5.41) is 9.18. The number of nitrogens with zero attached hydrogens (tertiary/aromatic N) is 3. The number of rotatable bonds is 6. The summed E-state index contributed by atoms with van der Waals surface area (Å²) < 4.78 is 6.11. The van der Waals surface area contributed by atoms with Crippen LogP contribution in [0.1, 0.15) is 30.3 Å². The van der Waals surface area contributed by atoms with Gasteiger partial charge in [0.05, 0.1) is 17.7 Å². The zero-order valence-electron chi connectivity index (χ0n) is 17.3. The Morgan fingerprint density at radius 3 is 2.45 bits per heavy atom. The Kier molecular flexibility index (Phi) is 6.25. The maximum atomic E-state index is 13.3. The van der Waals surface area contributed by atoms with Gasteiger partial charge in [-0.3, -0.25) is 24.1 Å². The maximum absolute atomic E-state index is 13.3. The molecule has 12 heteroatoms. The molecule has 3 heterocycles. The van der Waals surface area contributed by atoms with Crippen LogP contribution in [0.3, 0.4) is 0 Å². The summed E-state index contributed by atoms with van der Waals surface area (Å²) in [6.07, 6.45) is 0.128. The normalized spacial score (nSPS) is 13.6. The van der Waals surface area contributed by atoms with Crippen LogP contribution in [-0.2, 0) is 19.1 Å². The summed E-state index contributed by atoms with van der Waals surface area (Å²) in [5.74, 6) is -2.22. The van der Waals surface area contributed by atoms with Crippen molar-refractivity contribution in [2.45, 2.75) is 19.8 Å². The first-order valence-electron chi connectivity index (χ1n) is 9.90. The number of carbonyl (C=O) groups excluding carboxylic acids is 4. The highest BCUT2D eigenvalue weighted by Crippen LogP contribution is 2.31. The zero-order valence-corrected chi connectivity index (χ0v) is 18.9. The quantitative estimate of drug-likeness (QED) is 0.416. The number of amides is 3. The molecule has 10 nitrogen and oxygen atoms in total. The third-order valence-corrected chi connectivity index (χ3v) is 6.05.